The molecule has 7 heteroatoms. The molecule has 0 heterocycles. The molecule has 0 aliphatic rings. The van der Waals surface area contributed by atoms with Gasteiger partial charge in [0.15, 0.2) is 0 Å². The molecule has 4 aromatic rings. The number of aryl methyl sites for hydroxylation is 2. The Morgan fingerprint density at radius 2 is 1.05 bits per heavy atom. The maximum absolute atomic E-state index is 10.8. The van der Waals surface area contributed by atoms with E-state index in [4.69, 9.17) is 9.29 Å². The second kappa shape index (κ2) is 13.3. The second-order valence-electron chi connectivity index (χ2n) is 8.92. The molecule has 0 saturated carbocycles. The van der Waals surface area contributed by atoms with Crippen molar-refractivity contribution in [1.82, 2.24) is 0 Å². The van der Waals surface area contributed by atoms with Crippen LogP contribution in [-0.4, -0.2) is 54.9 Å². The molecule has 0 fully saturated rings. The Balaban J connectivity index is 0.00000380. The first-order valence-corrected chi connectivity index (χ1v) is 13.6. The van der Waals surface area contributed by atoms with Crippen molar-refractivity contribution in [2.75, 3.05) is 17.3 Å². The van der Waals surface area contributed by atoms with Gasteiger partial charge in [0, 0.05) is 17.1 Å². The summed E-state index contributed by atoms with van der Waals surface area (Å²) in [5.41, 5.74) is 7.90. The third-order valence-electron chi connectivity index (χ3n) is 5.96. The van der Waals surface area contributed by atoms with Gasteiger partial charge < -0.3 is 9.64 Å². The fraction of sp³-hybridized carbons (Fsp3) is 0.200. The van der Waals surface area contributed by atoms with E-state index in [1.54, 1.807) is 0 Å². The van der Waals surface area contributed by atoms with Gasteiger partial charge in [-0.15, -0.1) is 0 Å². The van der Waals surface area contributed by atoms with E-state index in [1.807, 2.05) is 24.3 Å². The van der Waals surface area contributed by atoms with Crippen LogP contribution < -0.4 is 9.64 Å². The fourth-order valence-electron chi connectivity index (χ4n) is 3.96. The first kappa shape index (κ1) is 29.0. The van der Waals surface area contributed by atoms with Gasteiger partial charge in [-0.05, 0) is 86.3 Å². The van der Waals surface area contributed by atoms with Crippen LogP contribution in [-0.2, 0) is 10.1 Å². The number of benzene rings is 4. The minimum atomic E-state index is -3.92. The number of ether oxygens (including phenoxy) is 1. The molecule has 0 unspecified atom stereocenters. The van der Waals surface area contributed by atoms with Crippen molar-refractivity contribution < 1.29 is 17.7 Å². The Bertz CT molecular complexity index is 1370. The summed E-state index contributed by atoms with van der Waals surface area (Å²) in [7, 11) is -3.92. The molecule has 0 aromatic heterocycles. The number of anilines is 3. The molecular formula is C30H32NNaO4S. The summed E-state index contributed by atoms with van der Waals surface area (Å²) >= 11 is 0. The normalized spacial score (nSPS) is 11.0. The van der Waals surface area contributed by atoms with Gasteiger partial charge in [-0.3, -0.25) is 4.55 Å². The van der Waals surface area contributed by atoms with Gasteiger partial charge >= 0.3 is 29.6 Å². The van der Waals surface area contributed by atoms with E-state index in [2.05, 4.69) is 91.5 Å². The third kappa shape index (κ3) is 8.45. The molecular weight excluding hydrogens is 493 g/mol. The van der Waals surface area contributed by atoms with E-state index in [9.17, 15) is 8.42 Å². The van der Waals surface area contributed by atoms with Crippen molar-refractivity contribution in [2.45, 2.75) is 26.7 Å². The predicted molar refractivity (Wildman–Crippen MR) is 154 cm³/mol. The molecule has 0 saturated heterocycles. The Labute approximate surface area is 242 Å². The second-order valence-corrected chi connectivity index (χ2v) is 10.5. The van der Waals surface area contributed by atoms with Gasteiger partial charge in [0.25, 0.3) is 10.1 Å². The van der Waals surface area contributed by atoms with Crippen LogP contribution in [0.5, 0.6) is 5.75 Å². The van der Waals surface area contributed by atoms with Crippen molar-refractivity contribution >= 4 is 56.7 Å². The maximum atomic E-state index is 10.8. The summed E-state index contributed by atoms with van der Waals surface area (Å²) in [5, 5.41) is 0. The van der Waals surface area contributed by atoms with Crippen LogP contribution in [0, 0.1) is 13.8 Å². The monoisotopic (exact) mass is 525 g/mol. The molecule has 0 bridgehead atoms. The number of nitrogens with zero attached hydrogens (tertiary/aromatic N) is 1. The standard InChI is InChI=1S/C30H31NO4S.Na.H/c1-23-5-9-25(10-6-23)26-11-15-28(16-12-26)31(27-13-7-24(2)8-14-27)29-17-19-30(20-18-29)35-21-3-4-22-36(32,33)34;;/h5-20H,3-4,21-22H2,1-2H3,(H,32,33,34);;. The molecule has 37 heavy (non-hydrogen) atoms. The van der Waals surface area contributed by atoms with Crippen LogP contribution in [0.25, 0.3) is 11.1 Å². The van der Waals surface area contributed by atoms with Gasteiger partial charge in [0.05, 0.1) is 12.4 Å². The average molecular weight is 526 g/mol. The van der Waals surface area contributed by atoms with E-state index >= 15 is 0 Å². The Hall–Kier alpha value is -2.61. The van der Waals surface area contributed by atoms with Crippen LogP contribution >= 0.6 is 0 Å². The number of unbranched alkanes of at least 4 members (excludes halogenated alkanes) is 1. The number of rotatable bonds is 10. The van der Waals surface area contributed by atoms with Gasteiger partial charge in [0.2, 0.25) is 0 Å². The zero-order valence-electron chi connectivity index (χ0n) is 20.6. The van der Waals surface area contributed by atoms with Crippen LogP contribution in [0.2, 0.25) is 0 Å². The predicted octanol–water partition coefficient (Wildman–Crippen LogP) is 6.84. The molecule has 0 aliphatic heterocycles. The molecule has 0 atom stereocenters. The van der Waals surface area contributed by atoms with E-state index in [0.717, 1.165) is 17.1 Å². The van der Waals surface area contributed by atoms with Crippen molar-refractivity contribution in [3.05, 3.63) is 108 Å². The number of hydrogen-bond acceptors (Lipinski definition) is 4. The average Bonchev–Trinajstić information content (AvgIpc) is 2.86. The van der Waals surface area contributed by atoms with Gasteiger partial charge in [-0.25, -0.2) is 0 Å². The summed E-state index contributed by atoms with van der Waals surface area (Å²) in [6, 6.07) is 33.4. The molecule has 0 spiro atoms. The van der Waals surface area contributed by atoms with Crippen LogP contribution in [0.15, 0.2) is 97.1 Å². The van der Waals surface area contributed by atoms with Crippen LogP contribution in [0.3, 0.4) is 0 Å². The summed E-state index contributed by atoms with van der Waals surface area (Å²) in [5.74, 6) is 0.466. The molecule has 1 N–H and O–H groups in total. The topological polar surface area (TPSA) is 66.8 Å². The Morgan fingerprint density at radius 1 is 0.649 bits per heavy atom. The van der Waals surface area contributed by atoms with E-state index in [1.165, 1.54) is 22.3 Å². The van der Waals surface area contributed by atoms with Crippen molar-refractivity contribution in [2.24, 2.45) is 0 Å². The van der Waals surface area contributed by atoms with Crippen molar-refractivity contribution in [1.29, 1.82) is 0 Å². The third-order valence-corrected chi connectivity index (χ3v) is 6.77. The van der Waals surface area contributed by atoms with Gasteiger partial charge in [-0.2, -0.15) is 8.42 Å². The van der Waals surface area contributed by atoms with Gasteiger partial charge in [-0.1, -0.05) is 59.7 Å². The Morgan fingerprint density at radius 3 is 1.54 bits per heavy atom. The summed E-state index contributed by atoms with van der Waals surface area (Å²) in [6.45, 7) is 4.55. The molecule has 4 aromatic carbocycles. The van der Waals surface area contributed by atoms with Crippen LogP contribution in [0.4, 0.5) is 17.1 Å². The van der Waals surface area contributed by atoms with Crippen LogP contribution in [0.1, 0.15) is 24.0 Å². The van der Waals surface area contributed by atoms with E-state index in [-0.39, 0.29) is 35.3 Å². The van der Waals surface area contributed by atoms with E-state index < -0.39 is 10.1 Å². The molecule has 5 nitrogen and oxygen atoms in total. The van der Waals surface area contributed by atoms with Crippen molar-refractivity contribution in [3.8, 4) is 16.9 Å². The SMILES string of the molecule is Cc1ccc(-c2ccc(N(c3ccc(C)cc3)c3ccc(OCCCCS(=O)(=O)O)cc3)cc2)cc1.[NaH]. The quantitative estimate of drug-likeness (QED) is 0.140. The fourth-order valence-corrected chi connectivity index (χ4v) is 4.53. The zero-order chi connectivity index (χ0) is 25.5. The first-order chi connectivity index (χ1) is 17.3. The summed E-state index contributed by atoms with van der Waals surface area (Å²) < 4.78 is 36.3. The number of hydrogen-bond donors (Lipinski definition) is 1. The minimum absolute atomic E-state index is 0. The first-order valence-electron chi connectivity index (χ1n) is 12.0. The molecule has 0 aliphatic carbocycles. The molecule has 188 valence electrons. The summed E-state index contributed by atoms with van der Waals surface area (Å²) in [6.07, 6.45) is 0.904. The molecule has 4 rings (SSSR count). The Kier molecular flexibility index (Phi) is 10.4. The van der Waals surface area contributed by atoms with E-state index in [0.29, 0.717) is 25.2 Å². The summed E-state index contributed by atoms with van der Waals surface area (Å²) in [4.78, 5) is 2.20. The van der Waals surface area contributed by atoms with Gasteiger partial charge in [0.1, 0.15) is 5.75 Å². The molecule has 0 radical (unpaired) electrons. The molecule has 0 amide bonds. The zero-order valence-corrected chi connectivity index (χ0v) is 21.4. The van der Waals surface area contributed by atoms with Crippen molar-refractivity contribution in [3.63, 3.8) is 0 Å².